The Bertz CT molecular complexity index is 503. The smallest absolute Gasteiger partial charge is 0.131 e. The third kappa shape index (κ3) is 28.3. The summed E-state index contributed by atoms with van der Waals surface area (Å²) in [6, 6.07) is 0. The second kappa shape index (κ2) is 41.0. The molecule has 0 aromatic carbocycles. The summed E-state index contributed by atoms with van der Waals surface area (Å²) in [4.78, 5) is 13.1. The summed E-state index contributed by atoms with van der Waals surface area (Å²) in [6.45, 7) is 27.7. The van der Waals surface area contributed by atoms with Gasteiger partial charge in [0.1, 0.15) is 21.8 Å². The van der Waals surface area contributed by atoms with Gasteiger partial charge in [0.05, 0.1) is 0 Å². The van der Waals surface area contributed by atoms with Crippen molar-refractivity contribution in [2.45, 2.75) is 110 Å². The summed E-state index contributed by atoms with van der Waals surface area (Å²) in [6.07, 6.45) is 10.3. The van der Waals surface area contributed by atoms with Crippen molar-refractivity contribution in [1.82, 2.24) is 14.9 Å². The normalized spacial score (nSPS) is 10.6. The van der Waals surface area contributed by atoms with Crippen molar-refractivity contribution in [2.24, 2.45) is 0 Å². The van der Waals surface area contributed by atoms with Crippen LogP contribution in [0.5, 0.6) is 0 Å². The fourth-order valence-corrected chi connectivity index (χ4v) is 2.69. The van der Waals surface area contributed by atoms with Gasteiger partial charge in [-0.05, 0) is 51.8 Å². The van der Waals surface area contributed by atoms with Gasteiger partial charge in [0, 0.05) is 38.5 Å². The summed E-state index contributed by atoms with van der Waals surface area (Å²) in [7, 11) is 8.06. The molecule has 0 spiro atoms. The van der Waals surface area contributed by atoms with Crippen molar-refractivity contribution >= 4 is 33.7 Å². The second-order valence-electron chi connectivity index (χ2n) is 6.63. The number of hydrogen-bond acceptors (Lipinski definition) is 4. The maximum absolute atomic E-state index is 5.53. The molecule has 0 amide bonds. The van der Waals surface area contributed by atoms with Gasteiger partial charge in [-0.15, -0.1) is 6.20 Å². The van der Waals surface area contributed by atoms with Crippen LogP contribution in [-0.2, 0) is 39.0 Å². The van der Waals surface area contributed by atoms with Crippen LogP contribution in [0, 0.1) is 12.8 Å². The molecular formula is C27H60B3N4Y-2. The Morgan fingerprint density at radius 1 is 0.971 bits per heavy atom. The Kier molecular flexibility index (Phi) is 60.4. The molecule has 1 aromatic rings. The van der Waals surface area contributed by atoms with Crippen molar-refractivity contribution in [1.29, 1.82) is 0 Å². The first-order chi connectivity index (χ1) is 15.1. The van der Waals surface area contributed by atoms with E-state index < -0.39 is 0 Å². The van der Waals surface area contributed by atoms with E-state index in [1.165, 1.54) is 45.0 Å². The van der Waals surface area contributed by atoms with Gasteiger partial charge >= 0.3 is 0 Å². The first-order valence-electron chi connectivity index (χ1n) is 12.1. The van der Waals surface area contributed by atoms with Gasteiger partial charge in [-0.25, -0.2) is 5.56 Å². The zero-order valence-corrected chi connectivity index (χ0v) is 25.7. The molecule has 0 saturated carbocycles. The molecule has 2 rings (SSSR count). The van der Waals surface area contributed by atoms with E-state index in [0.29, 0.717) is 0 Å². The fraction of sp³-hybridized carbons (Fsp3) is 0.778. The molecule has 1 saturated heterocycles. The predicted molar refractivity (Wildman–Crippen MR) is 166 cm³/mol. The summed E-state index contributed by atoms with van der Waals surface area (Å²) in [5, 5.41) is 0. The number of anilines is 1. The second-order valence-corrected chi connectivity index (χ2v) is 6.63. The van der Waals surface area contributed by atoms with Crippen molar-refractivity contribution in [2.75, 3.05) is 38.0 Å². The molecule has 0 atom stereocenters. The van der Waals surface area contributed by atoms with Crippen molar-refractivity contribution < 1.29 is 32.7 Å². The van der Waals surface area contributed by atoms with E-state index in [-0.39, 0.29) is 55.0 Å². The molecule has 4 radical (unpaired) electrons. The molecule has 1 fully saturated rings. The standard InChI is InChI=1S/C11H15B2N3.C7H15N.C2H6B.2C2H6.3CH4.Y/c1-5-9-7-14-10(6-12-2)15-11(9)16(4)8-13-3;1-2-8-6-4-3-5-7-8;1-3-2;2*1-2;;;;/h1,5H,6,8H2,2-4H3;2-7H2,1H3;1-2H3;2*1-2H3;3*1H4;/q-2;;;;;;;;. The van der Waals surface area contributed by atoms with Crippen LogP contribution < -0.4 is 4.90 Å². The van der Waals surface area contributed by atoms with Crippen LogP contribution in [0.1, 0.15) is 87.5 Å². The molecule has 2 heterocycles. The van der Waals surface area contributed by atoms with Gasteiger partial charge in [0.2, 0.25) is 0 Å². The third-order valence-electron chi connectivity index (χ3n) is 4.05. The van der Waals surface area contributed by atoms with Gasteiger partial charge in [0.25, 0.3) is 0 Å². The van der Waals surface area contributed by atoms with E-state index in [9.17, 15) is 0 Å². The molecule has 0 N–H and O–H groups in total. The molecule has 0 unspecified atom stereocenters. The molecule has 8 heteroatoms. The number of likely N-dealkylation sites (tertiary alicyclic amines) is 1. The molecule has 0 aliphatic carbocycles. The van der Waals surface area contributed by atoms with E-state index >= 15 is 0 Å². The van der Waals surface area contributed by atoms with Crippen LogP contribution in [-0.4, -0.2) is 69.8 Å². The van der Waals surface area contributed by atoms with Crippen LogP contribution in [0.25, 0.3) is 6.08 Å². The number of aromatic nitrogens is 2. The van der Waals surface area contributed by atoms with Gasteiger partial charge in [0.15, 0.2) is 0 Å². The Balaban J connectivity index is -0.0000000706. The quantitative estimate of drug-likeness (QED) is 0.257. The molecule has 1 aliphatic heterocycles. The minimum Gasteiger partial charge on any atom is -0.421 e. The van der Waals surface area contributed by atoms with Crippen molar-refractivity contribution in [3.8, 4) is 0 Å². The summed E-state index contributed by atoms with van der Waals surface area (Å²) in [5.74, 6) is 1.60. The third-order valence-corrected chi connectivity index (χ3v) is 4.05. The van der Waals surface area contributed by atoms with Gasteiger partial charge < -0.3 is 32.4 Å². The minimum atomic E-state index is 0. The summed E-state index contributed by atoms with van der Waals surface area (Å²) in [5.41, 5.74) is 0.740. The maximum atomic E-state index is 5.53. The fourth-order valence-electron chi connectivity index (χ4n) is 2.69. The summed E-state index contributed by atoms with van der Waals surface area (Å²) >= 11 is 0. The molecule has 0 bridgehead atoms. The average molecular weight is 562 g/mol. The Morgan fingerprint density at radius 2 is 1.46 bits per heavy atom. The molecule has 35 heavy (non-hydrogen) atoms. The number of nitrogens with zero attached hydrogens (tertiary/aromatic N) is 4. The maximum Gasteiger partial charge on any atom is 0.131 e. The van der Waals surface area contributed by atoms with Crippen LogP contribution in [0.2, 0.25) is 27.3 Å². The SMILES string of the molecule is C.C.C.CC.CC.CCN1CCCCC1.C[B]C.[CH-]=Cc1[c-]nc(C[B]C)nc1N(C)C[B]C.[Y]. The van der Waals surface area contributed by atoms with E-state index in [1.807, 2.05) is 81.5 Å². The van der Waals surface area contributed by atoms with Crippen LogP contribution in [0.4, 0.5) is 5.82 Å². The monoisotopic (exact) mass is 562 g/mol. The van der Waals surface area contributed by atoms with E-state index in [0.717, 1.165) is 30.0 Å². The Hall–Kier alpha value is -0.121. The number of piperidine rings is 1. The van der Waals surface area contributed by atoms with Crippen LogP contribution in [0.3, 0.4) is 0 Å². The minimum absolute atomic E-state index is 0. The van der Waals surface area contributed by atoms with Crippen molar-refractivity contribution in [3.63, 3.8) is 0 Å². The Labute approximate surface area is 251 Å². The molecule has 1 aliphatic rings. The van der Waals surface area contributed by atoms with Crippen LogP contribution in [0.15, 0.2) is 0 Å². The first-order valence-corrected chi connectivity index (χ1v) is 12.1. The van der Waals surface area contributed by atoms with E-state index in [2.05, 4.69) is 35.3 Å². The van der Waals surface area contributed by atoms with Gasteiger partial charge in [-0.2, -0.15) is 0 Å². The molecule has 1 aromatic heterocycles. The average Bonchev–Trinajstić information content (AvgIpc) is 2.83. The van der Waals surface area contributed by atoms with E-state index in [4.69, 9.17) is 6.58 Å². The largest absolute Gasteiger partial charge is 0.421 e. The first kappa shape index (κ1) is 51.5. The van der Waals surface area contributed by atoms with E-state index in [1.54, 1.807) is 0 Å². The molecule has 4 nitrogen and oxygen atoms in total. The topological polar surface area (TPSA) is 32.3 Å². The van der Waals surface area contributed by atoms with Gasteiger partial charge in [-0.3, -0.25) is 0 Å². The van der Waals surface area contributed by atoms with Crippen LogP contribution >= 0.6 is 0 Å². The molecule has 202 valence electrons. The van der Waals surface area contributed by atoms with Crippen molar-refractivity contribution in [3.05, 3.63) is 24.2 Å². The Morgan fingerprint density at radius 3 is 1.80 bits per heavy atom. The predicted octanol–water partition coefficient (Wildman–Crippen LogP) is 7.36. The van der Waals surface area contributed by atoms with Gasteiger partial charge in [-0.1, -0.05) is 96.9 Å². The molecular weight excluding hydrogens is 502 g/mol. The zero-order valence-electron chi connectivity index (χ0n) is 22.9. The zero-order chi connectivity index (χ0) is 24.5. The number of hydrogen-bond donors (Lipinski definition) is 0. The number of rotatable bonds is 7. The summed E-state index contributed by atoms with van der Waals surface area (Å²) < 4.78 is 0.